The highest BCUT2D eigenvalue weighted by molar-refractivity contribution is 5.27. The van der Waals surface area contributed by atoms with Crippen molar-refractivity contribution in [2.24, 2.45) is 0 Å². The van der Waals surface area contributed by atoms with Gasteiger partial charge >= 0.3 is 0 Å². The van der Waals surface area contributed by atoms with Crippen LogP contribution in [0.25, 0.3) is 0 Å². The first-order valence-electron chi connectivity index (χ1n) is 6.49. The van der Waals surface area contributed by atoms with E-state index >= 15 is 0 Å². The van der Waals surface area contributed by atoms with Crippen LogP contribution >= 0.6 is 0 Å². The summed E-state index contributed by atoms with van der Waals surface area (Å²) < 4.78 is 10.5. The Hall–Kier alpha value is -1.10. The quantitative estimate of drug-likeness (QED) is 0.858. The molecule has 18 heavy (non-hydrogen) atoms. The first-order chi connectivity index (χ1) is 8.78. The van der Waals surface area contributed by atoms with Crippen LogP contribution in [-0.4, -0.2) is 44.5 Å². The monoisotopic (exact) mass is 250 g/mol. The molecule has 2 rings (SSSR count). The van der Waals surface area contributed by atoms with Gasteiger partial charge in [-0.25, -0.2) is 5.01 Å². The minimum absolute atomic E-state index is 0.427. The Bertz CT molecular complexity index is 347. The predicted molar refractivity (Wildman–Crippen MR) is 71.7 cm³/mol. The summed E-state index contributed by atoms with van der Waals surface area (Å²) in [6.45, 7) is 5.78. The lowest BCUT2D eigenvalue weighted by molar-refractivity contribution is 0.00511. The van der Waals surface area contributed by atoms with Crippen molar-refractivity contribution in [2.45, 2.75) is 19.4 Å². The molecule has 1 unspecified atom stereocenters. The van der Waals surface area contributed by atoms with E-state index < -0.39 is 0 Å². The molecular weight excluding hydrogens is 228 g/mol. The summed E-state index contributed by atoms with van der Waals surface area (Å²) in [6.07, 6.45) is 1.02. The molecule has 0 amide bonds. The molecule has 0 aliphatic carbocycles. The van der Waals surface area contributed by atoms with Crippen LogP contribution in [0, 0.1) is 0 Å². The summed E-state index contributed by atoms with van der Waals surface area (Å²) in [5.74, 6) is 0.910. The number of ether oxygens (including phenoxy) is 2. The Morgan fingerprint density at radius 1 is 1.28 bits per heavy atom. The van der Waals surface area contributed by atoms with E-state index in [1.165, 1.54) is 5.56 Å². The second-order valence-electron chi connectivity index (χ2n) is 4.68. The van der Waals surface area contributed by atoms with Crippen molar-refractivity contribution in [1.29, 1.82) is 0 Å². The van der Waals surface area contributed by atoms with Crippen LogP contribution < -0.4 is 10.2 Å². The number of hydrazine groups is 1. The van der Waals surface area contributed by atoms with E-state index in [1.807, 2.05) is 12.1 Å². The highest BCUT2D eigenvalue weighted by Crippen LogP contribution is 2.12. The molecule has 1 aliphatic rings. The van der Waals surface area contributed by atoms with Crippen LogP contribution in [-0.2, 0) is 11.2 Å². The maximum absolute atomic E-state index is 5.33. The number of hydrogen-bond acceptors (Lipinski definition) is 4. The van der Waals surface area contributed by atoms with Crippen LogP contribution in [0.2, 0.25) is 0 Å². The molecule has 1 aliphatic heterocycles. The number of morpholine rings is 1. The zero-order valence-corrected chi connectivity index (χ0v) is 11.2. The summed E-state index contributed by atoms with van der Waals surface area (Å²) >= 11 is 0. The zero-order chi connectivity index (χ0) is 12.8. The molecule has 100 valence electrons. The second-order valence-corrected chi connectivity index (χ2v) is 4.68. The van der Waals surface area contributed by atoms with Gasteiger partial charge in [0.25, 0.3) is 0 Å². The SMILES string of the molecule is COc1ccc(CC(C)NN2CCOCC2)cc1. The van der Waals surface area contributed by atoms with Gasteiger partial charge < -0.3 is 9.47 Å². The third-order valence-corrected chi connectivity index (χ3v) is 3.11. The van der Waals surface area contributed by atoms with E-state index in [2.05, 4.69) is 29.5 Å². The van der Waals surface area contributed by atoms with Crippen LogP contribution in [0.1, 0.15) is 12.5 Å². The summed E-state index contributed by atoms with van der Waals surface area (Å²) in [4.78, 5) is 0. The molecule has 1 aromatic rings. The fourth-order valence-electron chi connectivity index (χ4n) is 2.16. The summed E-state index contributed by atoms with van der Waals surface area (Å²) in [5.41, 5.74) is 4.84. The molecule has 1 aromatic carbocycles. The number of hydrogen-bond donors (Lipinski definition) is 1. The van der Waals surface area contributed by atoms with Gasteiger partial charge in [-0.15, -0.1) is 0 Å². The topological polar surface area (TPSA) is 33.7 Å². The van der Waals surface area contributed by atoms with Gasteiger partial charge in [-0.2, -0.15) is 0 Å². The maximum Gasteiger partial charge on any atom is 0.118 e. The van der Waals surface area contributed by atoms with Crippen molar-refractivity contribution in [2.75, 3.05) is 33.4 Å². The molecule has 0 bridgehead atoms. The number of nitrogens with one attached hydrogen (secondary N) is 1. The van der Waals surface area contributed by atoms with E-state index in [9.17, 15) is 0 Å². The molecule has 0 saturated carbocycles. The molecule has 0 radical (unpaired) electrons. The van der Waals surface area contributed by atoms with E-state index in [0.717, 1.165) is 38.5 Å². The van der Waals surface area contributed by atoms with Crippen molar-refractivity contribution in [3.8, 4) is 5.75 Å². The molecule has 0 aromatic heterocycles. The van der Waals surface area contributed by atoms with Crippen LogP contribution in [0.5, 0.6) is 5.75 Å². The van der Waals surface area contributed by atoms with Crippen molar-refractivity contribution in [1.82, 2.24) is 10.4 Å². The van der Waals surface area contributed by atoms with Crippen LogP contribution in [0.4, 0.5) is 0 Å². The molecule has 4 nitrogen and oxygen atoms in total. The number of rotatable bonds is 5. The third kappa shape index (κ3) is 3.98. The Morgan fingerprint density at radius 2 is 1.94 bits per heavy atom. The van der Waals surface area contributed by atoms with Crippen LogP contribution in [0.3, 0.4) is 0 Å². The summed E-state index contributed by atoms with van der Waals surface area (Å²) in [5, 5.41) is 2.25. The summed E-state index contributed by atoms with van der Waals surface area (Å²) in [7, 11) is 1.69. The van der Waals surface area contributed by atoms with Crippen LogP contribution in [0.15, 0.2) is 24.3 Å². The third-order valence-electron chi connectivity index (χ3n) is 3.11. The van der Waals surface area contributed by atoms with Gasteiger partial charge in [0.05, 0.1) is 20.3 Å². The predicted octanol–water partition coefficient (Wildman–Crippen LogP) is 1.46. The van der Waals surface area contributed by atoms with Crippen molar-refractivity contribution >= 4 is 0 Å². The van der Waals surface area contributed by atoms with Gasteiger partial charge in [-0.3, -0.25) is 5.43 Å². The Morgan fingerprint density at radius 3 is 2.56 bits per heavy atom. The highest BCUT2D eigenvalue weighted by atomic mass is 16.5. The van der Waals surface area contributed by atoms with Crippen molar-refractivity contribution in [3.63, 3.8) is 0 Å². The lowest BCUT2D eigenvalue weighted by Crippen LogP contribution is -2.49. The van der Waals surface area contributed by atoms with Gasteiger partial charge in [0, 0.05) is 19.1 Å². The van der Waals surface area contributed by atoms with E-state index in [0.29, 0.717) is 6.04 Å². The first kappa shape index (κ1) is 13.3. The molecule has 1 saturated heterocycles. The van der Waals surface area contributed by atoms with Crippen molar-refractivity contribution < 1.29 is 9.47 Å². The Labute approximate surface area is 109 Å². The largest absolute Gasteiger partial charge is 0.497 e. The van der Waals surface area contributed by atoms with Crippen molar-refractivity contribution in [3.05, 3.63) is 29.8 Å². The van der Waals surface area contributed by atoms with E-state index in [1.54, 1.807) is 7.11 Å². The minimum atomic E-state index is 0.427. The molecule has 1 atom stereocenters. The fourth-order valence-corrected chi connectivity index (χ4v) is 2.16. The molecule has 1 N–H and O–H groups in total. The van der Waals surface area contributed by atoms with Gasteiger partial charge in [0.15, 0.2) is 0 Å². The van der Waals surface area contributed by atoms with Gasteiger partial charge in [-0.05, 0) is 31.0 Å². The molecule has 0 spiro atoms. The highest BCUT2D eigenvalue weighted by Gasteiger charge is 2.12. The number of methoxy groups -OCH3 is 1. The van der Waals surface area contributed by atoms with Gasteiger partial charge in [0.1, 0.15) is 5.75 Å². The van der Waals surface area contributed by atoms with Gasteiger partial charge in [-0.1, -0.05) is 12.1 Å². The number of nitrogens with zero attached hydrogens (tertiary/aromatic N) is 1. The van der Waals surface area contributed by atoms with E-state index in [-0.39, 0.29) is 0 Å². The molecule has 4 heteroatoms. The first-order valence-corrected chi connectivity index (χ1v) is 6.49. The smallest absolute Gasteiger partial charge is 0.118 e. The lowest BCUT2D eigenvalue weighted by atomic mass is 10.1. The Balaban J connectivity index is 1.80. The Kier molecular flexibility index (Phi) is 4.99. The normalized spacial score (nSPS) is 18.6. The van der Waals surface area contributed by atoms with E-state index in [4.69, 9.17) is 9.47 Å². The molecular formula is C14H22N2O2. The number of benzene rings is 1. The summed E-state index contributed by atoms with van der Waals surface area (Å²) in [6, 6.07) is 8.69. The molecule has 1 fully saturated rings. The zero-order valence-electron chi connectivity index (χ0n) is 11.2. The standard InChI is InChI=1S/C14H22N2O2/c1-12(15-16-7-9-18-10-8-16)11-13-3-5-14(17-2)6-4-13/h3-6,12,15H,7-11H2,1-2H3. The average molecular weight is 250 g/mol. The average Bonchev–Trinajstić information content (AvgIpc) is 2.40. The lowest BCUT2D eigenvalue weighted by Gasteiger charge is -2.30. The maximum atomic E-state index is 5.33. The minimum Gasteiger partial charge on any atom is -0.497 e. The van der Waals surface area contributed by atoms with Gasteiger partial charge in [0.2, 0.25) is 0 Å². The fraction of sp³-hybridized carbons (Fsp3) is 0.571. The second kappa shape index (κ2) is 6.73. The molecule has 1 heterocycles.